The Morgan fingerprint density at radius 3 is 1.88 bits per heavy atom. The molecule has 0 bridgehead atoms. The first-order chi connectivity index (χ1) is 11.9. The van der Waals surface area contributed by atoms with E-state index >= 15 is 0 Å². The maximum Gasteiger partial charge on any atom is 0.132 e. The van der Waals surface area contributed by atoms with Gasteiger partial charge in [0.1, 0.15) is 24.3 Å². The van der Waals surface area contributed by atoms with E-state index in [1.807, 2.05) is 25.1 Å². The molecule has 136 valence electrons. The molecule has 0 spiro atoms. The Hall–Kier alpha value is -2.24. The van der Waals surface area contributed by atoms with E-state index in [0.717, 1.165) is 36.1 Å². The van der Waals surface area contributed by atoms with E-state index in [2.05, 4.69) is 58.6 Å². The molecule has 2 aromatic heterocycles. The van der Waals surface area contributed by atoms with Crippen LogP contribution >= 0.6 is 0 Å². The van der Waals surface area contributed by atoms with E-state index in [1.165, 1.54) is 6.42 Å². The lowest BCUT2D eigenvalue weighted by molar-refractivity contribution is 0.607. The van der Waals surface area contributed by atoms with Crippen LogP contribution in [0.25, 0.3) is 0 Å². The third kappa shape index (κ3) is 5.37. The Balaban J connectivity index is 0.000000181. The van der Waals surface area contributed by atoms with Crippen molar-refractivity contribution in [1.82, 2.24) is 19.9 Å². The monoisotopic (exact) mass is 342 g/mol. The van der Waals surface area contributed by atoms with Gasteiger partial charge in [-0.1, -0.05) is 27.7 Å². The summed E-state index contributed by atoms with van der Waals surface area (Å²) in [7, 11) is 3.96. The minimum Gasteiger partial charge on any atom is -0.363 e. The average Bonchev–Trinajstić information content (AvgIpc) is 2.54. The predicted octanol–water partition coefficient (Wildman–Crippen LogP) is 3.48. The van der Waals surface area contributed by atoms with E-state index < -0.39 is 0 Å². The van der Waals surface area contributed by atoms with Crippen LogP contribution in [0, 0.1) is 0 Å². The molecule has 0 aromatic carbocycles. The lowest BCUT2D eigenvalue weighted by Crippen LogP contribution is -2.37. The van der Waals surface area contributed by atoms with Crippen molar-refractivity contribution < 1.29 is 0 Å². The van der Waals surface area contributed by atoms with Gasteiger partial charge in [-0.3, -0.25) is 0 Å². The lowest BCUT2D eigenvalue weighted by Gasteiger charge is -2.32. The van der Waals surface area contributed by atoms with Crippen molar-refractivity contribution in [3.05, 3.63) is 36.2 Å². The van der Waals surface area contributed by atoms with Crippen LogP contribution in [0.15, 0.2) is 24.8 Å². The van der Waals surface area contributed by atoms with Crippen molar-refractivity contribution in [2.45, 2.75) is 46.0 Å². The van der Waals surface area contributed by atoms with Gasteiger partial charge in [0, 0.05) is 50.7 Å². The molecule has 2 aromatic rings. The molecule has 0 N–H and O–H groups in total. The number of nitrogens with zero attached hydrogens (tertiary/aromatic N) is 6. The Morgan fingerprint density at radius 2 is 1.40 bits per heavy atom. The van der Waals surface area contributed by atoms with Gasteiger partial charge >= 0.3 is 0 Å². The first-order valence-electron chi connectivity index (χ1n) is 8.94. The molecule has 6 heteroatoms. The molecule has 3 rings (SSSR count). The molecular weight excluding hydrogens is 312 g/mol. The first-order valence-corrected chi connectivity index (χ1v) is 8.94. The molecule has 3 heterocycles. The zero-order valence-electron chi connectivity index (χ0n) is 16.3. The summed E-state index contributed by atoms with van der Waals surface area (Å²) in [6.45, 7) is 10.9. The van der Waals surface area contributed by atoms with Gasteiger partial charge in [0.25, 0.3) is 0 Å². The van der Waals surface area contributed by atoms with Crippen LogP contribution in [0.2, 0.25) is 0 Å². The van der Waals surface area contributed by atoms with Gasteiger partial charge in [0.15, 0.2) is 0 Å². The predicted molar refractivity (Wildman–Crippen MR) is 103 cm³/mol. The quantitative estimate of drug-likeness (QED) is 0.848. The summed E-state index contributed by atoms with van der Waals surface area (Å²) >= 11 is 0. The van der Waals surface area contributed by atoms with Crippen LogP contribution in [-0.2, 0) is 0 Å². The van der Waals surface area contributed by atoms with Crippen LogP contribution < -0.4 is 9.80 Å². The zero-order chi connectivity index (χ0) is 18.4. The number of rotatable bonds is 4. The van der Waals surface area contributed by atoms with Crippen LogP contribution in [0.1, 0.15) is 57.3 Å². The maximum absolute atomic E-state index is 4.26. The standard InChI is InChI=1S/C10H15N3.C9H15N3/c1-8(2)9-6-10(12-7-11-9)13-4-3-5-13;1-7(2)8-5-9(12(3)4)11-6-10-8/h6-8H,3-5H2,1-2H3;5-7H,1-4H3. The molecule has 6 nitrogen and oxygen atoms in total. The Kier molecular flexibility index (Phi) is 6.67. The summed E-state index contributed by atoms with van der Waals surface area (Å²) in [5, 5.41) is 0. The Bertz CT molecular complexity index is 641. The summed E-state index contributed by atoms with van der Waals surface area (Å²) in [5.41, 5.74) is 2.23. The highest BCUT2D eigenvalue weighted by Crippen LogP contribution is 2.20. The second kappa shape index (κ2) is 8.74. The van der Waals surface area contributed by atoms with Crippen LogP contribution in [-0.4, -0.2) is 47.1 Å². The van der Waals surface area contributed by atoms with Gasteiger partial charge in [0.2, 0.25) is 0 Å². The Labute approximate surface area is 151 Å². The fourth-order valence-corrected chi connectivity index (χ4v) is 2.32. The highest BCUT2D eigenvalue weighted by Gasteiger charge is 2.16. The summed E-state index contributed by atoms with van der Waals surface area (Å²) in [5.74, 6) is 3.01. The van der Waals surface area contributed by atoms with Gasteiger partial charge in [-0.05, 0) is 18.3 Å². The van der Waals surface area contributed by atoms with Gasteiger partial charge in [-0.15, -0.1) is 0 Å². The molecule has 0 saturated carbocycles. The SMILES string of the molecule is CC(C)c1cc(N(C)C)ncn1.CC(C)c1cc(N2CCC2)ncn1. The summed E-state index contributed by atoms with van der Waals surface area (Å²) in [6, 6.07) is 4.12. The van der Waals surface area contributed by atoms with Gasteiger partial charge < -0.3 is 9.80 Å². The molecule has 1 saturated heterocycles. The molecule has 0 atom stereocenters. The fraction of sp³-hybridized carbons (Fsp3) is 0.579. The zero-order valence-corrected chi connectivity index (χ0v) is 16.3. The largest absolute Gasteiger partial charge is 0.363 e. The molecule has 1 fully saturated rings. The highest BCUT2D eigenvalue weighted by molar-refractivity contribution is 5.41. The summed E-state index contributed by atoms with van der Waals surface area (Å²) < 4.78 is 0. The minimum absolute atomic E-state index is 0.465. The number of aromatic nitrogens is 4. The number of anilines is 2. The number of hydrogen-bond donors (Lipinski definition) is 0. The van der Waals surface area contributed by atoms with Gasteiger partial charge in [-0.2, -0.15) is 0 Å². The molecular formula is C19H30N6. The fourth-order valence-electron chi connectivity index (χ4n) is 2.32. The van der Waals surface area contributed by atoms with Gasteiger partial charge in [-0.25, -0.2) is 19.9 Å². The molecule has 1 aliphatic heterocycles. The summed E-state index contributed by atoms with van der Waals surface area (Å²) in [6.07, 6.45) is 4.58. The molecule has 0 aliphatic carbocycles. The summed E-state index contributed by atoms with van der Waals surface area (Å²) in [4.78, 5) is 21.1. The normalized spacial score (nSPS) is 13.4. The van der Waals surface area contributed by atoms with Crippen molar-refractivity contribution in [3.8, 4) is 0 Å². The van der Waals surface area contributed by atoms with E-state index in [9.17, 15) is 0 Å². The van der Waals surface area contributed by atoms with Crippen molar-refractivity contribution in [2.75, 3.05) is 37.0 Å². The van der Waals surface area contributed by atoms with Gasteiger partial charge in [0.05, 0.1) is 0 Å². The van der Waals surface area contributed by atoms with Crippen LogP contribution in [0.5, 0.6) is 0 Å². The van der Waals surface area contributed by atoms with Crippen molar-refractivity contribution in [3.63, 3.8) is 0 Å². The van der Waals surface area contributed by atoms with E-state index in [1.54, 1.807) is 12.7 Å². The maximum atomic E-state index is 4.26. The first kappa shape index (κ1) is 19.1. The van der Waals surface area contributed by atoms with Crippen molar-refractivity contribution >= 4 is 11.6 Å². The van der Waals surface area contributed by atoms with E-state index in [-0.39, 0.29) is 0 Å². The van der Waals surface area contributed by atoms with Crippen molar-refractivity contribution in [1.29, 1.82) is 0 Å². The number of hydrogen-bond acceptors (Lipinski definition) is 6. The van der Waals surface area contributed by atoms with E-state index in [0.29, 0.717) is 11.8 Å². The van der Waals surface area contributed by atoms with Crippen LogP contribution in [0.4, 0.5) is 11.6 Å². The smallest absolute Gasteiger partial charge is 0.132 e. The topological polar surface area (TPSA) is 58.0 Å². The molecule has 1 aliphatic rings. The molecule has 0 radical (unpaired) electrons. The average molecular weight is 342 g/mol. The molecule has 0 amide bonds. The molecule has 0 unspecified atom stereocenters. The minimum atomic E-state index is 0.465. The van der Waals surface area contributed by atoms with Crippen LogP contribution in [0.3, 0.4) is 0 Å². The lowest BCUT2D eigenvalue weighted by atomic mass is 10.1. The highest BCUT2D eigenvalue weighted by atomic mass is 15.2. The third-order valence-electron chi connectivity index (χ3n) is 4.17. The third-order valence-corrected chi connectivity index (χ3v) is 4.17. The second-order valence-electron chi connectivity index (χ2n) is 7.15. The Morgan fingerprint density at radius 1 is 0.840 bits per heavy atom. The second-order valence-corrected chi connectivity index (χ2v) is 7.15. The van der Waals surface area contributed by atoms with Crippen molar-refractivity contribution in [2.24, 2.45) is 0 Å². The van der Waals surface area contributed by atoms with E-state index in [4.69, 9.17) is 0 Å². The molecule has 25 heavy (non-hydrogen) atoms.